The van der Waals surface area contributed by atoms with Crippen molar-refractivity contribution in [1.29, 1.82) is 0 Å². The molecule has 1 nitrogen and oxygen atoms in total. The van der Waals surface area contributed by atoms with Crippen LogP contribution in [0.1, 0.15) is 42.0 Å². The van der Waals surface area contributed by atoms with Gasteiger partial charge in [0.05, 0.1) is 0 Å². The van der Waals surface area contributed by atoms with Gasteiger partial charge in [0.15, 0.2) is 0 Å². The Balaban J connectivity index is 1.47. The molecule has 1 aliphatic carbocycles. The Morgan fingerprint density at radius 2 is 1.74 bits per heavy atom. The van der Waals surface area contributed by atoms with Crippen molar-refractivity contribution in [2.45, 2.75) is 44.2 Å². The molecule has 19 heavy (non-hydrogen) atoms. The summed E-state index contributed by atoms with van der Waals surface area (Å²) in [5.74, 6) is 0.779. The third kappa shape index (κ3) is 3.46. The third-order valence-electron chi connectivity index (χ3n) is 4.14. The molecular weight excluding hydrogens is 250 g/mol. The van der Waals surface area contributed by atoms with E-state index in [1.54, 1.807) is 0 Å². The monoisotopic (exact) mass is 271 g/mol. The lowest BCUT2D eigenvalue weighted by molar-refractivity contribution is 0.342. The first-order valence-corrected chi connectivity index (χ1v) is 8.10. The zero-order valence-corrected chi connectivity index (χ0v) is 12.0. The van der Waals surface area contributed by atoms with Crippen LogP contribution in [0.4, 0.5) is 0 Å². The molecule has 1 saturated carbocycles. The molecule has 0 unspecified atom stereocenters. The number of thiophene rings is 1. The zero-order valence-electron chi connectivity index (χ0n) is 11.2. The van der Waals surface area contributed by atoms with Crippen molar-refractivity contribution < 1.29 is 0 Å². The predicted octanol–water partition coefficient (Wildman–Crippen LogP) is 4.56. The smallest absolute Gasteiger partial charge is 0.0302 e. The Morgan fingerprint density at radius 3 is 2.42 bits per heavy atom. The lowest BCUT2D eigenvalue weighted by Gasteiger charge is -2.29. The van der Waals surface area contributed by atoms with Crippen LogP contribution in [-0.4, -0.2) is 6.04 Å². The van der Waals surface area contributed by atoms with E-state index >= 15 is 0 Å². The molecule has 1 aromatic heterocycles. The maximum atomic E-state index is 3.71. The van der Waals surface area contributed by atoms with Gasteiger partial charge in [-0.15, -0.1) is 11.3 Å². The summed E-state index contributed by atoms with van der Waals surface area (Å²) in [7, 11) is 0. The van der Waals surface area contributed by atoms with Crippen molar-refractivity contribution in [3.8, 4) is 0 Å². The van der Waals surface area contributed by atoms with Gasteiger partial charge in [-0.3, -0.25) is 0 Å². The van der Waals surface area contributed by atoms with Gasteiger partial charge in [0.25, 0.3) is 0 Å². The summed E-state index contributed by atoms with van der Waals surface area (Å²) in [4.78, 5) is 1.45. The SMILES string of the molecule is c1ccc(C2CCC(NCc3cccs3)CC2)cc1. The highest BCUT2D eigenvalue weighted by molar-refractivity contribution is 7.09. The summed E-state index contributed by atoms with van der Waals surface area (Å²) < 4.78 is 0. The van der Waals surface area contributed by atoms with Gasteiger partial charge in [0.2, 0.25) is 0 Å². The summed E-state index contributed by atoms with van der Waals surface area (Å²) in [6, 6.07) is 16.1. The molecule has 1 aliphatic rings. The maximum absolute atomic E-state index is 3.71. The fourth-order valence-corrected chi connectivity index (χ4v) is 3.67. The number of rotatable bonds is 4. The molecule has 0 aliphatic heterocycles. The largest absolute Gasteiger partial charge is 0.309 e. The van der Waals surface area contributed by atoms with Crippen molar-refractivity contribution in [3.63, 3.8) is 0 Å². The van der Waals surface area contributed by atoms with E-state index in [1.165, 1.54) is 36.1 Å². The van der Waals surface area contributed by atoms with Crippen LogP contribution >= 0.6 is 11.3 Å². The molecule has 0 amide bonds. The molecule has 1 aromatic carbocycles. The number of hydrogen-bond donors (Lipinski definition) is 1. The van der Waals surface area contributed by atoms with Crippen molar-refractivity contribution in [2.24, 2.45) is 0 Å². The average Bonchev–Trinajstić information content (AvgIpc) is 3.00. The molecule has 0 atom stereocenters. The topological polar surface area (TPSA) is 12.0 Å². The summed E-state index contributed by atoms with van der Waals surface area (Å²) >= 11 is 1.85. The Kier molecular flexibility index (Phi) is 4.31. The quantitative estimate of drug-likeness (QED) is 0.859. The first kappa shape index (κ1) is 12.9. The minimum atomic E-state index is 0.710. The van der Waals surface area contributed by atoms with E-state index in [0.717, 1.165) is 12.5 Å². The third-order valence-corrected chi connectivity index (χ3v) is 5.02. The molecule has 3 rings (SSSR count). The van der Waals surface area contributed by atoms with Crippen molar-refractivity contribution >= 4 is 11.3 Å². The fraction of sp³-hybridized carbons (Fsp3) is 0.412. The maximum Gasteiger partial charge on any atom is 0.0302 e. The van der Waals surface area contributed by atoms with E-state index in [-0.39, 0.29) is 0 Å². The Morgan fingerprint density at radius 1 is 0.947 bits per heavy atom. The van der Waals surface area contributed by atoms with Crippen LogP contribution in [0.15, 0.2) is 47.8 Å². The van der Waals surface area contributed by atoms with Gasteiger partial charge in [-0.2, -0.15) is 0 Å². The minimum Gasteiger partial charge on any atom is -0.309 e. The van der Waals surface area contributed by atoms with Crippen molar-refractivity contribution in [1.82, 2.24) is 5.32 Å². The van der Waals surface area contributed by atoms with Gasteiger partial charge in [-0.25, -0.2) is 0 Å². The molecule has 1 fully saturated rings. The number of nitrogens with one attached hydrogen (secondary N) is 1. The first-order chi connectivity index (χ1) is 9.42. The number of benzene rings is 1. The van der Waals surface area contributed by atoms with E-state index < -0.39 is 0 Å². The lowest BCUT2D eigenvalue weighted by Crippen LogP contribution is -2.32. The molecular formula is C17H21NS. The summed E-state index contributed by atoms with van der Waals surface area (Å²) in [5, 5.41) is 5.86. The highest BCUT2D eigenvalue weighted by Gasteiger charge is 2.21. The second-order valence-electron chi connectivity index (χ2n) is 5.42. The van der Waals surface area contributed by atoms with Crippen LogP contribution in [0.2, 0.25) is 0 Å². The molecule has 2 aromatic rings. The van der Waals surface area contributed by atoms with E-state index in [0.29, 0.717) is 6.04 Å². The van der Waals surface area contributed by atoms with E-state index in [4.69, 9.17) is 0 Å². The van der Waals surface area contributed by atoms with E-state index in [2.05, 4.69) is 53.2 Å². The molecule has 2 heteroatoms. The van der Waals surface area contributed by atoms with Crippen LogP contribution in [0, 0.1) is 0 Å². The standard InChI is InChI=1S/C17H21NS/c1-2-5-14(6-3-1)15-8-10-16(11-9-15)18-13-17-7-4-12-19-17/h1-7,12,15-16,18H,8-11,13H2. The van der Waals surface area contributed by atoms with Gasteiger partial charge in [0, 0.05) is 17.5 Å². The molecule has 1 heterocycles. The second-order valence-corrected chi connectivity index (χ2v) is 6.45. The molecule has 1 N–H and O–H groups in total. The summed E-state index contributed by atoms with van der Waals surface area (Å²) in [6.07, 6.45) is 5.27. The van der Waals surface area contributed by atoms with Gasteiger partial charge < -0.3 is 5.32 Å². The molecule has 0 saturated heterocycles. The second kappa shape index (κ2) is 6.36. The lowest BCUT2D eigenvalue weighted by atomic mass is 9.82. The van der Waals surface area contributed by atoms with Gasteiger partial charge in [0.1, 0.15) is 0 Å². The first-order valence-electron chi connectivity index (χ1n) is 7.22. The van der Waals surface area contributed by atoms with E-state index in [1.807, 2.05) is 11.3 Å². The fourth-order valence-electron chi connectivity index (χ4n) is 3.01. The highest BCUT2D eigenvalue weighted by atomic mass is 32.1. The van der Waals surface area contributed by atoms with Crippen LogP contribution in [0.5, 0.6) is 0 Å². The Labute approximate surface area is 119 Å². The van der Waals surface area contributed by atoms with Crippen molar-refractivity contribution in [3.05, 3.63) is 58.3 Å². The Bertz CT molecular complexity index is 469. The molecule has 0 spiro atoms. The highest BCUT2D eigenvalue weighted by Crippen LogP contribution is 2.32. The van der Waals surface area contributed by atoms with Crippen LogP contribution in [-0.2, 0) is 6.54 Å². The van der Waals surface area contributed by atoms with Gasteiger partial charge in [-0.05, 0) is 48.6 Å². The summed E-state index contributed by atoms with van der Waals surface area (Å²) in [6.45, 7) is 1.04. The van der Waals surface area contributed by atoms with Gasteiger partial charge >= 0.3 is 0 Å². The van der Waals surface area contributed by atoms with Crippen LogP contribution in [0.25, 0.3) is 0 Å². The van der Waals surface area contributed by atoms with Gasteiger partial charge in [-0.1, -0.05) is 36.4 Å². The van der Waals surface area contributed by atoms with Crippen LogP contribution < -0.4 is 5.32 Å². The molecule has 0 bridgehead atoms. The van der Waals surface area contributed by atoms with Crippen LogP contribution in [0.3, 0.4) is 0 Å². The normalized spacial score (nSPS) is 23.4. The predicted molar refractivity (Wildman–Crippen MR) is 82.6 cm³/mol. The Hall–Kier alpha value is -1.12. The molecule has 0 radical (unpaired) electrons. The zero-order chi connectivity index (χ0) is 12.9. The minimum absolute atomic E-state index is 0.710. The van der Waals surface area contributed by atoms with Crippen molar-refractivity contribution in [2.75, 3.05) is 0 Å². The molecule has 100 valence electrons. The summed E-state index contributed by atoms with van der Waals surface area (Å²) in [5.41, 5.74) is 1.53. The van der Waals surface area contributed by atoms with E-state index in [9.17, 15) is 0 Å². The number of hydrogen-bond acceptors (Lipinski definition) is 2. The average molecular weight is 271 g/mol.